The van der Waals surface area contributed by atoms with Gasteiger partial charge in [-0.2, -0.15) is 0 Å². The van der Waals surface area contributed by atoms with Gasteiger partial charge in [-0.1, -0.05) is 12.1 Å². The summed E-state index contributed by atoms with van der Waals surface area (Å²) < 4.78 is 39.6. The highest BCUT2D eigenvalue weighted by Crippen LogP contribution is 2.23. The molecular formula is C15H18F3N3O3. The summed E-state index contributed by atoms with van der Waals surface area (Å²) in [6, 6.07) is 3.89. The number of hydrogen-bond acceptors (Lipinski definition) is 3. The van der Waals surface area contributed by atoms with Crippen LogP contribution in [0.15, 0.2) is 24.3 Å². The SMILES string of the molecule is O=C(NCC(F)(F)CO)N[C@H]1CCCN(c2ccccc2F)C1=O. The highest BCUT2D eigenvalue weighted by molar-refractivity contribution is 5.99. The van der Waals surface area contributed by atoms with E-state index >= 15 is 0 Å². The molecule has 1 aromatic rings. The van der Waals surface area contributed by atoms with E-state index in [-0.39, 0.29) is 5.69 Å². The molecule has 1 saturated heterocycles. The summed E-state index contributed by atoms with van der Waals surface area (Å²) in [5, 5.41) is 12.6. The number of urea groups is 1. The molecule has 132 valence electrons. The summed E-state index contributed by atoms with van der Waals surface area (Å²) in [5.74, 6) is -4.50. The van der Waals surface area contributed by atoms with Crippen LogP contribution in [0.1, 0.15) is 12.8 Å². The molecule has 3 amide bonds. The maximum Gasteiger partial charge on any atom is 0.315 e. The molecule has 1 aliphatic heterocycles. The molecule has 0 bridgehead atoms. The molecule has 6 nitrogen and oxygen atoms in total. The van der Waals surface area contributed by atoms with Gasteiger partial charge in [-0.3, -0.25) is 4.79 Å². The topological polar surface area (TPSA) is 81.7 Å². The number of nitrogens with one attached hydrogen (secondary N) is 2. The molecule has 1 aliphatic rings. The molecule has 24 heavy (non-hydrogen) atoms. The third kappa shape index (κ3) is 4.38. The number of nitrogens with zero attached hydrogens (tertiary/aromatic N) is 1. The van der Waals surface area contributed by atoms with Crippen molar-refractivity contribution in [3.05, 3.63) is 30.1 Å². The Morgan fingerprint density at radius 1 is 1.38 bits per heavy atom. The van der Waals surface area contributed by atoms with Crippen LogP contribution >= 0.6 is 0 Å². The van der Waals surface area contributed by atoms with Crippen molar-refractivity contribution in [1.29, 1.82) is 0 Å². The predicted octanol–water partition coefficient (Wildman–Crippen LogP) is 1.25. The quantitative estimate of drug-likeness (QED) is 0.751. The number of aliphatic hydroxyl groups excluding tert-OH is 1. The number of rotatable bonds is 5. The van der Waals surface area contributed by atoms with Gasteiger partial charge < -0.3 is 20.6 Å². The Labute approximate surface area is 136 Å². The Morgan fingerprint density at radius 2 is 2.08 bits per heavy atom. The number of carbonyl (C=O) groups is 2. The molecule has 1 atom stereocenters. The summed E-state index contributed by atoms with van der Waals surface area (Å²) in [7, 11) is 0. The summed E-state index contributed by atoms with van der Waals surface area (Å²) in [6.45, 7) is -2.13. The fourth-order valence-electron chi connectivity index (χ4n) is 2.39. The number of aliphatic hydroxyl groups is 1. The van der Waals surface area contributed by atoms with E-state index in [0.717, 1.165) is 0 Å². The second kappa shape index (κ2) is 7.52. The third-order valence-electron chi connectivity index (χ3n) is 3.63. The van der Waals surface area contributed by atoms with E-state index in [1.165, 1.54) is 23.1 Å². The van der Waals surface area contributed by atoms with Crippen LogP contribution in [0.4, 0.5) is 23.7 Å². The van der Waals surface area contributed by atoms with Crippen molar-refractivity contribution in [1.82, 2.24) is 10.6 Å². The van der Waals surface area contributed by atoms with Crippen LogP contribution in [0.2, 0.25) is 0 Å². The molecule has 1 fully saturated rings. The normalized spacial score (nSPS) is 18.4. The Balaban J connectivity index is 1.98. The van der Waals surface area contributed by atoms with Gasteiger partial charge in [-0.15, -0.1) is 0 Å². The fourth-order valence-corrected chi connectivity index (χ4v) is 2.39. The first-order valence-electron chi connectivity index (χ1n) is 7.43. The van der Waals surface area contributed by atoms with Crippen LogP contribution in [0.5, 0.6) is 0 Å². The fraction of sp³-hybridized carbons (Fsp3) is 0.467. The minimum atomic E-state index is -3.44. The van der Waals surface area contributed by atoms with E-state index in [9.17, 15) is 22.8 Å². The number of hydrogen-bond donors (Lipinski definition) is 3. The maximum absolute atomic E-state index is 13.8. The zero-order valence-electron chi connectivity index (χ0n) is 12.8. The van der Waals surface area contributed by atoms with Crippen molar-refractivity contribution >= 4 is 17.6 Å². The first-order chi connectivity index (χ1) is 11.3. The van der Waals surface area contributed by atoms with Gasteiger partial charge in [0.25, 0.3) is 5.92 Å². The molecule has 0 radical (unpaired) electrons. The third-order valence-corrected chi connectivity index (χ3v) is 3.63. The molecule has 1 heterocycles. The van der Waals surface area contributed by atoms with E-state index in [0.29, 0.717) is 19.4 Å². The smallest absolute Gasteiger partial charge is 0.315 e. The molecule has 3 N–H and O–H groups in total. The monoisotopic (exact) mass is 345 g/mol. The van der Waals surface area contributed by atoms with Crippen molar-refractivity contribution in [3.8, 4) is 0 Å². The lowest BCUT2D eigenvalue weighted by molar-refractivity contribution is -0.121. The van der Waals surface area contributed by atoms with Gasteiger partial charge in [-0.05, 0) is 25.0 Å². The summed E-state index contributed by atoms with van der Waals surface area (Å²) in [5.41, 5.74) is 0.112. The summed E-state index contributed by atoms with van der Waals surface area (Å²) in [6.07, 6.45) is 0.853. The van der Waals surface area contributed by atoms with Gasteiger partial charge in [0.05, 0.1) is 12.2 Å². The number of alkyl halides is 2. The van der Waals surface area contributed by atoms with Gasteiger partial charge in [0.1, 0.15) is 18.5 Å². The molecule has 0 unspecified atom stereocenters. The van der Waals surface area contributed by atoms with Gasteiger partial charge >= 0.3 is 6.03 Å². The van der Waals surface area contributed by atoms with Gasteiger partial charge in [0.2, 0.25) is 5.91 Å². The molecule has 0 aliphatic carbocycles. The highest BCUT2D eigenvalue weighted by atomic mass is 19.3. The molecule has 0 aromatic heterocycles. The van der Waals surface area contributed by atoms with Gasteiger partial charge in [0.15, 0.2) is 0 Å². The molecule has 0 spiro atoms. The van der Waals surface area contributed by atoms with Crippen LogP contribution in [-0.2, 0) is 4.79 Å². The van der Waals surface area contributed by atoms with Gasteiger partial charge in [0, 0.05) is 6.54 Å². The van der Waals surface area contributed by atoms with Crippen LogP contribution in [0.25, 0.3) is 0 Å². The van der Waals surface area contributed by atoms with Crippen molar-refractivity contribution in [2.45, 2.75) is 24.8 Å². The first-order valence-corrected chi connectivity index (χ1v) is 7.43. The zero-order valence-corrected chi connectivity index (χ0v) is 12.8. The van der Waals surface area contributed by atoms with E-state index in [2.05, 4.69) is 5.32 Å². The highest BCUT2D eigenvalue weighted by Gasteiger charge is 2.33. The zero-order chi connectivity index (χ0) is 17.7. The number of benzene rings is 1. The van der Waals surface area contributed by atoms with Crippen molar-refractivity contribution in [2.75, 3.05) is 24.6 Å². The standard InChI is InChI=1S/C15H18F3N3O3/c16-10-4-1-2-6-12(10)21-7-3-5-11(13(21)23)20-14(24)19-8-15(17,18)9-22/h1-2,4,6,11,22H,3,5,7-9H2,(H2,19,20,24)/t11-/m0/s1. The second-order valence-electron chi connectivity index (χ2n) is 5.48. The van der Waals surface area contributed by atoms with E-state index in [1.54, 1.807) is 6.07 Å². The number of para-hydroxylation sites is 1. The van der Waals surface area contributed by atoms with E-state index in [4.69, 9.17) is 5.11 Å². The molecule has 1 aromatic carbocycles. The maximum atomic E-state index is 13.8. The van der Waals surface area contributed by atoms with Crippen molar-refractivity contribution < 1.29 is 27.9 Å². The van der Waals surface area contributed by atoms with Crippen LogP contribution < -0.4 is 15.5 Å². The van der Waals surface area contributed by atoms with Crippen LogP contribution in [-0.4, -0.2) is 48.7 Å². The van der Waals surface area contributed by atoms with E-state index in [1.807, 2.05) is 5.32 Å². The van der Waals surface area contributed by atoms with Crippen molar-refractivity contribution in [2.24, 2.45) is 0 Å². The average molecular weight is 345 g/mol. The molecular weight excluding hydrogens is 327 g/mol. The van der Waals surface area contributed by atoms with Crippen molar-refractivity contribution in [3.63, 3.8) is 0 Å². The Kier molecular flexibility index (Phi) is 5.66. The molecule has 2 rings (SSSR count). The summed E-state index contributed by atoms with van der Waals surface area (Å²) >= 11 is 0. The second-order valence-corrected chi connectivity index (χ2v) is 5.48. The predicted molar refractivity (Wildman–Crippen MR) is 80.3 cm³/mol. The number of piperidine rings is 1. The van der Waals surface area contributed by atoms with Crippen LogP contribution in [0, 0.1) is 5.82 Å². The van der Waals surface area contributed by atoms with Crippen LogP contribution in [0.3, 0.4) is 0 Å². The Morgan fingerprint density at radius 3 is 2.75 bits per heavy atom. The number of amides is 3. The first kappa shape index (κ1) is 18.1. The average Bonchev–Trinajstić information content (AvgIpc) is 2.56. The van der Waals surface area contributed by atoms with Gasteiger partial charge in [-0.25, -0.2) is 18.0 Å². The minimum absolute atomic E-state index is 0.112. The lowest BCUT2D eigenvalue weighted by atomic mass is 10.0. The Hall–Kier alpha value is -2.29. The number of carbonyl (C=O) groups excluding carboxylic acids is 2. The Bertz CT molecular complexity index is 613. The molecule has 9 heteroatoms. The largest absolute Gasteiger partial charge is 0.390 e. The number of halogens is 3. The lowest BCUT2D eigenvalue weighted by Gasteiger charge is -2.32. The van der Waals surface area contributed by atoms with E-state index < -0.39 is 42.9 Å². The molecule has 0 saturated carbocycles. The number of anilines is 1. The minimum Gasteiger partial charge on any atom is -0.390 e. The lowest BCUT2D eigenvalue weighted by Crippen LogP contribution is -2.55. The summed E-state index contributed by atoms with van der Waals surface area (Å²) in [4.78, 5) is 25.3.